The maximum absolute atomic E-state index is 5.39. The van der Waals surface area contributed by atoms with E-state index in [1.54, 1.807) is 19.8 Å². The van der Waals surface area contributed by atoms with Gasteiger partial charge in [-0.3, -0.25) is 0 Å². The second-order valence-corrected chi connectivity index (χ2v) is 7.48. The molecule has 0 aromatic heterocycles. The lowest BCUT2D eigenvalue weighted by Gasteiger charge is -2.33. The van der Waals surface area contributed by atoms with Crippen LogP contribution in [0.2, 0.25) is 0 Å². The van der Waals surface area contributed by atoms with Crippen molar-refractivity contribution in [2.24, 2.45) is 11.8 Å². The summed E-state index contributed by atoms with van der Waals surface area (Å²) < 4.78 is 10.8. The van der Waals surface area contributed by atoms with E-state index in [1.807, 2.05) is 0 Å². The maximum Gasteiger partial charge on any atom is 0.0515 e. The third-order valence-corrected chi connectivity index (χ3v) is 5.72. The van der Waals surface area contributed by atoms with Gasteiger partial charge in [0.05, 0.1) is 13.2 Å². The van der Waals surface area contributed by atoms with Gasteiger partial charge in [0.2, 0.25) is 0 Å². The standard InChI is InChI=1S/C22H36O2/c1-4-5-6-7-18-8-10-19(11-9-18)20-12-14-21(15-13-20)22(16-23-2)17-24-3/h8-11,20-22H,4-7,12-17H2,1-3H3. The molecule has 0 spiro atoms. The van der Waals surface area contributed by atoms with E-state index in [-0.39, 0.29) is 0 Å². The minimum absolute atomic E-state index is 0.557. The van der Waals surface area contributed by atoms with Crippen molar-refractivity contribution < 1.29 is 9.47 Å². The molecule has 1 saturated carbocycles. The van der Waals surface area contributed by atoms with Gasteiger partial charge in [0, 0.05) is 20.1 Å². The van der Waals surface area contributed by atoms with Crippen molar-refractivity contribution in [2.75, 3.05) is 27.4 Å². The number of methoxy groups -OCH3 is 2. The second-order valence-electron chi connectivity index (χ2n) is 7.48. The highest BCUT2D eigenvalue weighted by molar-refractivity contribution is 5.26. The highest BCUT2D eigenvalue weighted by Gasteiger charge is 2.28. The molecule has 0 amide bonds. The van der Waals surface area contributed by atoms with Crippen LogP contribution < -0.4 is 0 Å². The maximum atomic E-state index is 5.39. The average molecular weight is 333 g/mol. The van der Waals surface area contributed by atoms with Crippen molar-refractivity contribution in [3.05, 3.63) is 35.4 Å². The normalized spacial score (nSPS) is 21.3. The largest absolute Gasteiger partial charge is 0.384 e. The third kappa shape index (κ3) is 5.89. The minimum atomic E-state index is 0.557. The van der Waals surface area contributed by atoms with E-state index in [0.717, 1.165) is 25.0 Å². The topological polar surface area (TPSA) is 18.5 Å². The Kier molecular flexibility index (Phi) is 8.83. The predicted octanol–water partition coefficient (Wildman–Crippen LogP) is 5.60. The summed E-state index contributed by atoms with van der Waals surface area (Å²) in [4.78, 5) is 0. The first-order chi connectivity index (χ1) is 11.8. The van der Waals surface area contributed by atoms with Crippen molar-refractivity contribution >= 4 is 0 Å². The van der Waals surface area contributed by atoms with Crippen LogP contribution in [-0.4, -0.2) is 27.4 Å². The summed E-state index contributed by atoms with van der Waals surface area (Å²) in [6.45, 7) is 3.93. The molecule has 1 aliphatic carbocycles. The van der Waals surface area contributed by atoms with Gasteiger partial charge in [-0.15, -0.1) is 0 Å². The lowest BCUT2D eigenvalue weighted by atomic mass is 9.74. The molecule has 1 fully saturated rings. The molecule has 0 atom stereocenters. The minimum Gasteiger partial charge on any atom is -0.384 e. The van der Waals surface area contributed by atoms with E-state index < -0.39 is 0 Å². The number of rotatable bonds is 10. The fourth-order valence-corrected chi connectivity index (χ4v) is 4.21. The molecule has 0 saturated heterocycles. The van der Waals surface area contributed by atoms with Crippen LogP contribution in [0.5, 0.6) is 0 Å². The van der Waals surface area contributed by atoms with Gasteiger partial charge in [-0.05, 0) is 61.5 Å². The van der Waals surface area contributed by atoms with Gasteiger partial charge < -0.3 is 9.47 Å². The Morgan fingerprint density at radius 3 is 2.08 bits per heavy atom. The molecular weight excluding hydrogens is 296 g/mol. The summed E-state index contributed by atoms with van der Waals surface area (Å²) >= 11 is 0. The van der Waals surface area contributed by atoms with Gasteiger partial charge in [-0.25, -0.2) is 0 Å². The number of unbranched alkanes of at least 4 members (excludes halogenated alkanes) is 2. The lowest BCUT2D eigenvalue weighted by molar-refractivity contribution is 0.0411. The zero-order valence-corrected chi connectivity index (χ0v) is 15.9. The smallest absolute Gasteiger partial charge is 0.0515 e. The van der Waals surface area contributed by atoms with Crippen molar-refractivity contribution in [3.8, 4) is 0 Å². The van der Waals surface area contributed by atoms with Crippen LogP contribution in [-0.2, 0) is 15.9 Å². The Morgan fingerprint density at radius 1 is 0.917 bits per heavy atom. The number of ether oxygens (including phenoxy) is 2. The van der Waals surface area contributed by atoms with Crippen molar-refractivity contribution in [3.63, 3.8) is 0 Å². The first-order valence-corrected chi connectivity index (χ1v) is 9.85. The molecular formula is C22H36O2. The molecule has 136 valence electrons. The zero-order chi connectivity index (χ0) is 17.2. The SMILES string of the molecule is CCCCCc1ccc(C2CCC(C(COC)COC)CC2)cc1. The predicted molar refractivity (Wildman–Crippen MR) is 102 cm³/mol. The Hall–Kier alpha value is -0.860. The van der Waals surface area contributed by atoms with Crippen LogP contribution in [0.15, 0.2) is 24.3 Å². The number of benzene rings is 1. The number of hydrogen-bond donors (Lipinski definition) is 0. The molecule has 1 aromatic carbocycles. The van der Waals surface area contributed by atoms with Gasteiger partial charge >= 0.3 is 0 Å². The third-order valence-electron chi connectivity index (χ3n) is 5.72. The first-order valence-electron chi connectivity index (χ1n) is 9.85. The van der Waals surface area contributed by atoms with E-state index in [0.29, 0.717) is 5.92 Å². The molecule has 2 nitrogen and oxygen atoms in total. The van der Waals surface area contributed by atoms with Crippen LogP contribution >= 0.6 is 0 Å². The van der Waals surface area contributed by atoms with E-state index in [9.17, 15) is 0 Å². The molecule has 0 radical (unpaired) electrons. The van der Waals surface area contributed by atoms with Gasteiger partial charge in [-0.1, -0.05) is 44.0 Å². The molecule has 0 aliphatic heterocycles. The van der Waals surface area contributed by atoms with E-state index in [4.69, 9.17) is 9.47 Å². The molecule has 2 heteroatoms. The van der Waals surface area contributed by atoms with E-state index >= 15 is 0 Å². The lowest BCUT2D eigenvalue weighted by Crippen LogP contribution is -2.27. The molecule has 0 unspecified atom stereocenters. The fraction of sp³-hybridized carbons (Fsp3) is 0.727. The molecule has 2 rings (SSSR count). The molecule has 1 aliphatic rings. The Morgan fingerprint density at radius 2 is 1.54 bits per heavy atom. The Bertz CT molecular complexity index is 426. The van der Waals surface area contributed by atoms with Gasteiger partial charge in [0.1, 0.15) is 0 Å². The van der Waals surface area contributed by atoms with E-state index in [1.165, 1.54) is 56.9 Å². The van der Waals surface area contributed by atoms with Crippen LogP contribution in [0, 0.1) is 11.8 Å². The summed E-state index contributed by atoms with van der Waals surface area (Å²) in [5.74, 6) is 2.06. The first kappa shape index (κ1) is 19.5. The molecule has 0 heterocycles. The van der Waals surface area contributed by atoms with E-state index in [2.05, 4.69) is 31.2 Å². The summed E-state index contributed by atoms with van der Waals surface area (Å²) in [7, 11) is 3.60. The van der Waals surface area contributed by atoms with Gasteiger partial charge in [0.15, 0.2) is 0 Å². The average Bonchev–Trinajstić information content (AvgIpc) is 2.63. The van der Waals surface area contributed by atoms with Crippen LogP contribution in [0.25, 0.3) is 0 Å². The van der Waals surface area contributed by atoms with Crippen molar-refractivity contribution in [1.29, 1.82) is 0 Å². The summed E-state index contributed by atoms with van der Waals surface area (Å²) in [6, 6.07) is 9.48. The number of aryl methyl sites for hydroxylation is 1. The molecule has 24 heavy (non-hydrogen) atoms. The van der Waals surface area contributed by atoms with Crippen LogP contribution in [0.4, 0.5) is 0 Å². The summed E-state index contributed by atoms with van der Waals surface area (Å²) in [6.07, 6.45) is 10.4. The fourth-order valence-electron chi connectivity index (χ4n) is 4.21. The van der Waals surface area contributed by atoms with Crippen LogP contribution in [0.3, 0.4) is 0 Å². The Balaban J connectivity index is 1.83. The quantitative estimate of drug-likeness (QED) is 0.519. The summed E-state index contributed by atoms with van der Waals surface area (Å²) in [5, 5.41) is 0. The van der Waals surface area contributed by atoms with Crippen molar-refractivity contribution in [1.82, 2.24) is 0 Å². The van der Waals surface area contributed by atoms with Crippen molar-refractivity contribution in [2.45, 2.75) is 64.2 Å². The molecule has 0 N–H and O–H groups in total. The second kappa shape index (κ2) is 10.9. The van der Waals surface area contributed by atoms with Crippen LogP contribution in [0.1, 0.15) is 68.9 Å². The zero-order valence-electron chi connectivity index (χ0n) is 15.9. The Labute approximate surface area is 148 Å². The monoisotopic (exact) mass is 332 g/mol. The van der Waals surface area contributed by atoms with Gasteiger partial charge in [-0.2, -0.15) is 0 Å². The van der Waals surface area contributed by atoms with Gasteiger partial charge in [0.25, 0.3) is 0 Å². The number of hydrogen-bond acceptors (Lipinski definition) is 2. The highest BCUT2D eigenvalue weighted by Crippen LogP contribution is 2.39. The molecule has 1 aromatic rings. The summed E-state index contributed by atoms with van der Waals surface area (Å²) in [5.41, 5.74) is 3.05. The molecule has 0 bridgehead atoms. The highest BCUT2D eigenvalue weighted by atomic mass is 16.5.